The lowest BCUT2D eigenvalue weighted by molar-refractivity contribution is -0.302. The molecule has 1 amide bonds. The highest BCUT2D eigenvalue weighted by molar-refractivity contribution is 5.76. The van der Waals surface area contributed by atoms with Crippen molar-refractivity contribution < 1.29 is 39.8 Å². The van der Waals surface area contributed by atoms with Crippen molar-refractivity contribution in [3.05, 3.63) is 36.5 Å². The van der Waals surface area contributed by atoms with E-state index in [0.717, 1.165) is 70.6 Å². The molecule has 0 bridgehead atoms. The molecule has 1 rings (SSSR count). The second-order valence-corrected chi connectivity index (χ2v) is 16.2. The van der Waals surface area contributed by atoms with Crippen LogP contribution in [-0.4, -0.2) is 87.5 Å². The molecule has 6 N–H and O–H groups in total. The van der Waals surface area contributed by atoms with Crippen LogP contribution >= 0.6 is 0 Å². The van der Waals surface area contributed by atoms with Gasteiger partial charge in [-0.05, 0) is 44.9 Å². The third kappa shape index (κ3) is 27.9. The highest BCUT2D eigenvalue weighted by Crippen LogP contribution is 2.22. The molecule has 0 spiro atoms. The van der Waals surface area contributed by atoms with E-state index < -0.39 is 49.5 Å². The van der Waals surface area contributed by atoms with Crippen molar-refractivity contribution in [1.29, 1.82) is 0 Å². The van der Waals surface area contributed by atoms with Crippen LogP contribution in [-0.2, 0) is 14.3 Å². The predicted octanol–water partition coefficient (Wildman–Crippen LogP) is 9.67. The van der Waals surface area contributed by atoms with E-state index >= 15 is 0 Å². The average molecular weight is 794 g/mol. The summed E-state index contributed by atoms with van der Waals surface area (Å²) in [5, 5.41) is 54.2. The van der Waals surface area contributed by atoms with Crippen LogP contribution < -0.4 is 5.32 Å². The molecule has 7 atom stereocenters. The van der Waals surface area contributed by atoms with Gasteiger partial charge in [0.15, 0.2) is 6.29 Å². The zero-order chi connectivity index (χ0) is 40.9. The van der Waals surface area contributed by atoms with Gasteiger partial charge in [0.05, 0.1) is 25.4 Å². The molecule has 0 aliphatic carbocycles. The zero-order valence-electron chi connectivity index (χ0n) is 35.9. The maximum Gasteiger partial charge on any atom is 0.220 e. The van der Waals surface area contributed by atoms with Crippen LogP contribution in [0.5, 0.6) is 0 Å². The van der Waals surface area contributed by atoms with Crippen molar-refractivity contribution in [3.8, 4) is 0 Å². The first-order chi connectivity index (χ1) is 27.3. The molecule has 9 nitrogen and oxygen atoms in total. The Balaban J connectivity index is 2.34. The minimum absolute atomic E-state index is 0.192. The molecule has 328 valence electrons. The maximum absolute atomic E-state index is 12.9. The van der Waals surface area contributed by atoms with Gasteiger partial charge in [-0.3, -0.25) is 4.79 Å². The summed E-state index contributed by atoms with van der Waals surface area (Å²) in [7, 11) is 0. The normalized spacial score (nSPS) is 21.4. The van der Waals surface area contributed by atoms with Crippen LogP contribution in [0.4, 0.5) is 0 Å². The predicted molar refractivity (Wildman–Crippen MR) is 230 cm³/mol. The first kappa shape index (κ1) is 52.4. The zero-order valence-corrected chi connectivity index (χ0v) is 35.9. The number of nitrogens with one attached hydrogen (secondary N) is 1. The molecule has 1 heterocycles. The summed E-state index contributed by atoms with van der Waals surface area (Å²) >= 11 is 0. The molecule has 7 unspecified atom stereocenters. The molecular weight excluding hydrogens is 707 g/mol. The molecule has 0 aromatic heterocycles. The van der Waals surface area contributed by atoms with E-state index in [-0.39, 0.29) is 12.5 Å². The smallest absolute Gasteiger partial charge is 0.220 e. The van der Waals surface area contributed by atoms with Crippen molar-refractivity contribution in [1.82, 2.24) is 5.32 Å². The molecule has 1 aliphatic rings. The molecule has 0 saturated carbocycles. The first-order valence-electron chi connectivity index (χ1n) is 23.2. The van der Waals surface area contributed by atoms with Crippen LogP contribution in [0.3, 0.4) is 0 Å². The summed E-state index contributed by atoms with van der Waals surface area (Å²) in [6.07, 6.45) is 39.0. The number of hydrogen-bond donors (Lipinski definition) is 6. The Labute approximate surface area is 342 Å². The molecular formula is C47H87NO8. The Hall–Kier alpha value is -1.59. The van der Waals surface area contributed by atoms with Gasteiger partial charge in [-0.1, -0.05) is 185 Å². The second kappa shape index (κ2) is 37.7. The summed E-state index contributed by atoms with van der Waals surface area (Å²) in [6, 6.07) is -0.810. The number of aliphatic hydroxyl groups excluding tert-OH is 5. The summed E-state index contributed by atoms with van der Waals surface area (Å²) in [4.78, 5) is 12.9. The van der Waals surface area contributed by atoms with Crippen molar-refractivity contribution in [3.63, 3.8) is 0 Å². The molecule has 1 saturated heterocycles. The number of rotatable bonds is 38. The summed E-state index contributed by atoms with van der Waals surface area (Å²) < 4.78 is 11.2. The summed E-state index contributed by atoms with van der Waals surface area (Å²) in [5.74, 6) is -0.192. The quantitative estimate of drug-likeness (QED) is 0.0268. The van der Waals surface area contributed by atoms with Crippen LogP contribution in [0.2, 0.25) is 0 Å². The Morgan fingerprint density at radius 3 is 1.61 bits per heavy atom. The number of amides is 1. The van der Waals surface area contributed by atoms with Crippen LogP contribution in [0.25, 0.3) is 0 Å². The minimum Gasteiger partial charge on any atom is -0.394 e. The highest BCUT2D eigenvalue weighted by atomic mass is 16.7. The number of carbonyl (C=O) groups is 1. The number of unbranched alkanes of at least 4 members (excludes halogenated alkanes) is 24. The largest absolute Gasteiger partial charge is 0.394 e. The van der Waals surface area contributed by atoms with Gasteiger partial charge in [-0.15, -0.1) is 0 Å². The Morgan fingerprint density at radius 1 is 0.607 bits per heavy atom. The van der Waals surface area contributed by atoms with Crippen LogP contribution in [0.15, 0.2) is 36.5 Å². The van der Waals surface area contributed by atoms with Gasteiger partial charge in [-0.2, -0.15) is 0 Å². The van der Waals surface area contributed by atoms with E-state index in [1.165, 1.54) is 109 Å². The average Bonchev–Trinajstić information content (AvgIpc) is 3.20. The van der Waals surface area contributed by atoms with Crippen LogP contribution in [0, 0.1) is 0 Å². The van der Waals surface area contributed by atoms with E-state index in [1.54, 1.807) is 6.08 Å². The molecule has 9 heteroatoms. The molecule has 56 heavy (non-hydrogen) atoms. The SMILES string of the molecule is CCC/C=C\C/C=C\CCCCCCCC(=O)NC(COC1OC(CO)C(O)C(O)C1O)C(O)/C=C/CCCCCCCCCCCCCCCCCCCC. The molecule has 0 aromatic carbocycles. The number of ether oxygens (including phenoxy) is 2. The summed E-state index contributed by atoms with van der Waals surface area (Å²) in [6.45, 7) is 3.70. The Morgan fingerprint density at radius 2 is 1.09 bits per heavy atom. The van der Waals surface area contributed by atoms with Gasteiger partial charge < -0.3 is 40.3 Å². The number of carbonyl (C=O) groups excluding carboxylic acids is 1. The fraction of sp³-hybridized carbons (Fsp3) is 0.851. The number of hydrogen-bond acceptors (Lipinski definition) is 8. The van der Waals surface area contributed by atoms with E-state index in [1.807, 2.05) is 6.08 Å². The monoisotopic (exact) mass is 794 g/mol. The van der Waals surface area contributed by atoms with Gasteiger partial charge >= 0.3 is 0 Å². The highest BCUT2D eigenvalue weighted by Gasteiger charge is 2.44. The van der Waals surface area contributed by atoms with Gasteiger partial charge in [0.1, 0.15) is 24.4 Å². The van der Waals surface area contributed by atoms with E-state index in [4.69, 9.17) is 9.47 Å². The molecule has 0 radical (unpaired) electrons. The fourth-order valence-electron chi connectivity index (χ4n) is 7.19. The van der Waals surface area contributed by atoms with Gasteiger partial charge in [0, 0.05) is 6.42 Å². The fourth-order valence-corrected chi connectivity index (χ4v) is 7.19. The molecule has 1 fully saturated rings. The summed E-state index contributed by atoms with van der Waals surface area (Å²) in [5.41, 5.74) is 0. The Bertz CT molecular complexity index is 972. The molecule has 0 aromatic rings. The number of allylic oxidation sites excluding steroid dienone is 5. The topological polar surface area (TPSA) is 149 Å². The number of aliphatic hydroxyl groups is 5. The molecule has 1 aliphatic heterocycles. The van der Waals surface area contributed by atoms with Crippen molar-refractivity contribution >= 4 is 5.91 Å². The third-order valence-corrected chi connectivity index (χ3v) is 10.9. The van der Waals surface area contributed by atoms with E-state index in [9.17, 15) is 30.3 Å². The maximum atomic E-state index is 12.9. The van der Waals surface area contributed by atoms with Crippen molar-refractivity contribution in [2.24, 2.45) is 0 Å². The lowest BCUT2D eigenvalue weighted by Crippen LogP contribution is -2.60. The second-order valence-electron chi connectivity index (χ2n) is 16.2. The van der Waals surface area contributed by atoms with Crippen molar-refractivity contribution in [2.75, 3.05) is 13.2 Å². The first-order valence-corrected chi connectivity index (χ1v) is 23.2. The van der Waals surface area contributed by atoms with E-state index in [2.05, 4.69) is 43.5 Å². The van der Waals surface area contributed by atoms with Gasteiger partial charge in [0.2, 0.25) is 5.91 Å². The minimum atomic E-state index is -1.57. The van der Waals surface area contributed by atoms with Crippen molar-refractivity contribution in [2.45, 2.75) is 243 Å². The lowest BCUT2D eigenvalue weighted by Gasteiger charge is -2.40. The van der Waals surface area contributed by atoms with Gasteiger partial charge in [0.25, 0.3) is 0 Å². The van der Waals surface area contributed by atoms with Crippen LogP contribution in [0.1, 0.15) is 200 Å². The van der Waals surface area contributed by atoms with E-state index in [0.29, 0.717) is 6.42 Å². The Kier molecular flexibility index (Phi) is 35.3. The lowest BCUT2D eigenvalue weighted by atomic mass is 9.99. The van der Waals surface area contributed by atoms with Gasteiger partial charge in [-0.25, -0.2) is 0 Å². The standard InChI is InChI=1S/C47H87NO8/c1-3-5-7-9-11-13-15-17-18-19-20-21-22-23-25-26-28-30-32-34-36-41(50)40(39-55-47-46(54)45(53)44(52)42(38-49)56-47)48-43(51)37-35-33-31-29-27-24-16-14-12-10-8-6-4-2/h8,10,14,16,34,36,40-42,44-47,49-50,52-54H,3-7,9,11-13,15,17-33,35,37-39H2,1-2H3,(H,48,51)/b10-8-,16-14-,36-34+. The third-order valence-electron chi connectivity index (χ3n) is 10.9.